The predicted octanol–water partition coefficient (Wildman–Crippen LogP) is 2.38. The first-order chi connectivity index (χ1) is 4.74. The molecule has 1 aliphatic carbocycles. The Morgan fingerprint density at radius 3 is 2.80 bits per heavy atom. The fraction of sp³-hybridized carbons (Fsp3) is 0.778. The second-order valence-electron chi connectivity index (χ2n) is 3.24. The lowest BCUT2D eigenvalue weighted by Crippen LogP contribution is -2.22. The molecule has 1 rings (SSSR count). The van der Waals surface area contributed by atoms with Gasteiger partial charge in [0.05, 0.1) is 6.10 Å². The zero-order valence-corrected chi connectivity index (χ0v) is 7.05. The summed E-state index contributed by atoms with van der Waals surface area (Å²) in [6, 6.07) is 0. The number of ether oxygens (including phenoxy) is 1. The van der Waals surface area contributed by atoms with Gasteiger partial charge in [0.15, 0.2) is 0 Å². The van der Waals surface area contributed by atoms with Crippen molar-refractivity contribution >= 4 is 0 Å². The van der Waals surface area contributed by atoms with Crippen LogP contribution in [0.5, 0.6) is 0 Å². The average molecular weight is 140 g/mol. The smallest absolute Gasteiger partial charge is 0.0634 e. The zero-order valence-electron chi connectivity index (χ0n) is 7.05. The Kier molecular flexibility index (Phi) is 2.50. The molecule has 0 aromatic carbocycles. The normalized spacial score (nSPS) is 33.7. The molecule has 2 atom stereocenters. The molecule has 0 aromatic heterocycles. The Bertz CT molecular complexity index is 138. The first-order valence-electron chi connectivity index (χ1n) is 3.92. The molecule has 0 saturated heterocycles. The molecule has 0 saturated carbocycles. The average Bonchev–Trinajstić information content (AvgIpc) is 1.88. The van der Waals surface area contributed by atoms with Gasteiger partial charge in [0.25, 0.3) is 0 Å². The highest BCUT2D eigenvalue weighted by Gasteiger charge is 2.19. The standard InChI is InChI=1S/C9H16O/c1-7-4-5-9(10-3)8(2)6-7/h4,8-9H,5-6H2,1-3H3. The summed E-state index contributed by atoms with van der Waals surface area (Å²) in [4.78, 5) is 0. The number of hydrogen-bond donors (Lipinski definition) is 0. The molecular formula is C9H16O. The van der Waals surface area contributed by atoms with Crippen LogP contribution < -0.4 is 0 Å². The van der Waals surface area contributed by atoms with E-state index in [0.717, 1.165) is 6.42 Å². The monoisotopic (exact) mass is 140 g/mol. The van der Waals surface area contributed by atoms with Crippen molar-refractivity contribution in [1.82, 2.24) is 0 Å². The molecule has 58 valence electrons. The maximum Gasteiger partial charge on any atom is 0.0634 e. The van der Waals surface area contributed by atoms with Crippen LogP contribution in [0.25, 0.3) is 0 Å². The van der Waals surface area contributed by atoms with Crippen molar-refractivity contribution in [1.29, 1.82) is 0 Å². The van der Waals surface area contributed by atoms with E-state index in [9.17, 15) is 0 Å². The Balaban J connectivity index is 2.52. The predicted molar refractivity (Wildman–Crippen MR) is 43.0 cm³/mol. The Morgan fingerprint density at radius 2 is 2.30 bits per heavy atom. The molecule has 0 bridgehead atoms. The van der Waals surface area contributed by atoms with Crippen LogP contribution in [0, 0.1) is 5.92 Å². The van der Waals surface area contributed by atoms with E-state index in [-0.39, 0.29) is 0 Å². The highest BCUT2D eigenvalue weighted by atomic mass is 16.5. The minimum absolute atomic E-state index is 0.462. The number of methoxy groups -OCH3 is 1. The third-order valence-corrected chi connectivity index (χ3v) is 2.28. The molecule has 10 heavy (non-hydrogen) atoms. The Hall–Kier alpha value is -0.300. The first-order valence-corrected chi connectivity index (χ1v) is 3.92. The quantitative estimate of drug-likeness (QED) is 0.508. The molecule has 1 heteroatoms. The number of rotatable bonds is 1. The molecule has 0 heterocycles. The third kappa shape index (κ3) is 1.60. The van der Waals surface area contributed by atoms with Gasteiger partial charge in [0.1, 0.15) is 0 Å². The van der Waals surface area contributed by atoms with Crippen LogP contribution in [0.4, 0.5) is 0 Å². The molecule has 0 N–H and O–H groups in total. The first kappa shape index (κ1) is 7.80. The molecule has 1 aliphatic rings. The molecule has 0 fully saturated rings. The second kappa shape index (κ2) is 3.20. The molecule has 0 spiro atoms. The lowest BCUT2D eigenvalue weighted by molar-refractivity contribution is 0.0563. The van der Waals surface area contributed by atoms with Crippen LogP contribution >= 0.6 is 0 Å². The van der Waals surface area contributed by atoms with Crippen molar-refractivity contribution in [3.8, 4) is 0 Å². The van der Waals surface area contributed by atoms with E-state index in [4.69, 9.17) is 4.74 Å². The molecule has 0 radical (unpaired) electrons. The van der Waals surface area contributed by atoms with Gasteiger partial charge in [-0.25, -0.2) is 0 Å². The largest absolute Gasteiger partial charge is 0.381 e. The zero-order chi connectivity index (χ0) is 7.56. The van der Waals surface area contributed by atoms with Gasteiger partial charge in [-0.15, -0.1) is 0 Å². The SMILES string of the molecule is COC1CC=C(C)CC1C. The van der Waals surface area contributed by atoms with Gasteiger partial charge in [0, 0.05) is 7.11 Å². The summed E-state index contributed by atoms with van der Waals surface area (Å²) in [5.74, 6) is 0.704. The number of hydrogen-bond acceptors (Lipinski definition) is 1. The van der Waals surface area contributed by atoms with Gasteiger partial charge in [-0.2, -0.15) is 0 Å². The lowest BCUT2D eigenvalue weighted by atomic mass is 9.88. The van der Waals surface area contributed by atoms with Gasteiger partial charge < -0.3 is 4.74 Å². The summed E-state index contributed by atoms with van der Waals surface area (Å²) in [6.07, 6.45) is 5.06. The van der Waals surface area contributed by atoms with Gasteiger partial charge in [0.2, 0.25) is 0 Å². The van der Waals surface area contributed by atoms with Crippen molar-refractivity contribution < 1.29 is 4.74 Å². The maximum atomic E-state index is 5.31. The van der Waals surface area contributed by atoms with Crippen LogP contribution in [-0.2, 0) is 4.74 Å². The second-order valence-corrected chi connectivity index (χ2v) is 3.24. The van der Waals surface area contributed by atoms with Gasteiger partial charge in [-0.05, 0) is 25.7 Å². The van der Waals surface area contributed by atoms with E-state index < -0.39 is 0 Å². The fourth-order valence-corrected chi connectivity index (χ4v) is 1.60. The Morgan fingerprint density at radius 1 is 1.60 bits per heavy atom. The van der Waals surface area contributed by atoms with Crippen molar-refractivity contribution in [3.63, 3.8) is 0 Å². The summed E-state index contributed by atoms with van der Waals surface area (Å²) < 4.78 is 5.31. The van der Waals surface area contributed by atoms with Gasteiger partial charge in [-0.3, -0.25) is 0 Å². The Labute approximate surface area is 63.1 Å². The van der Waals surface area contributed by atoms with E-state index in [1.54, 1.807) is 7.11 Å². The van der Waals surface area contributed by atoms with Crippen LogP contribution in [0.1, 0.15) is 26.7 Å². The summed E-state index contributed by atoms with van der Waals surface area (Å²) in [6.45, 7) is 4.45. The minimum atomic E-state index is 0.462. The van der Waals surface area contributed by atoms with E-state index in [1.165, 1.54) is 12.0 Å². The van der Waals surface area contributed by atoms with Crippen LogP contribution in [0.15, 0.2) is 11.6 Å². The summed E-state index contributed by atoms with van der Waals surface area (Å²) in [5, 5.41) is 0. The molecule has 0 aromatic rings. The van der Waals surface area contributed by atoms with Crippen LogP contribution in [0.3, 0.4) is 0 Å². The molecule has 0 amide bonds. The van der Waals surface area contributed by atoms with Crippen molar-refractivity contribution in [2.24, 2.45) is 5.92 Å². The van der Waals surface area contributed by atoms with E-state index >= 15 is 0 Å². The van der Waals surface area contributed by atoms with Crippen molar-refractivity contribution in [2.45, 2.75) is 32.8 Å². The van der Waals surface area contributed by atoms with Gasteiger partial charge >= 0.3 is 0 Å². The van der Waals surface area contributed by atoms with Crippen molar-refractivity contribution in [2.75, 3.05) is 7.11 Å². The molecule has 1 nitrogen and oxygen atoms in total. The van der Waals surface area contributed by atoms with E-state index in [0.29, 0.717) is 12.0 Å². The van der Waals surface area contributed by atoms with Crippen LogP contribution in [-0.4, -0.2) is 13.2 Å². The number of allylic oxidation sites excluding steroid dienone is 1. The van der Waals surface area contributed by atoms with E-state index in [1.807, 2.05) is 0 Å². The summed E-state index contributed by atoms with van der Waals surface area (Å²) in [5.41, 5.74) is 1.51. The molecular weight excluding hydrogens is 124 g/mol. The lowest BCUT2D eigenvalue weighted by Gasteiger charge is -2.26. The summed E-state index contributed by atoms with van der Waals surface area (Å²) in [7, 11) is 1.80. The summed E-state index contributed by atoms with van der Waals surface area (Å²) >= 11 is 0. The maximum absolute atomic E-state index is 5.31. The topological polar surface area (TPSA) is 9.23 Å². The van der Waals surface area contributed by atoms with Gasteiger partial charge in [-0.1, -0.05) is 18.6 Å². The highest BCUT2D eigenvalue weighted by molar-refractivity contribution is 5.05. The van der Waals surface area contributed by atoms with E-state index in [2.05, 4.69) is 19.9 Å². The third-order valence-electron chi connectivity index (χ3n) is 2.28. The minimum Gasteiger partial charge on any atom is -0.381 e. The highest BCUT2D eigenvalue weighted by Crippen LogP contribution is 2.25. The molecule has 2 unspecified atom stereocenters. The fourth-order valence-electron chi connectivity index (χ4n) is 1.60. The van der Waals surface area contributed by atoms with Crippen molar-refractivity contribution in [3.05, 3.63) is 11.6 Å². The molecule has 0 aliphatic heterocycles. The van der Waals surface area contributed by atoms with Crippen LogP contribution in [0.2, 0.25) is 0 Å².